The summed E-state index contributed by atoms with van der Waals surface area (Å²) in [6, 6.07) is 7.36. The van der Waals surface area contributed by atoms with Crippen LogP contribution in [-0.2, 0) is 9.53 Å². The molecule has 3 heterocycles. The van der Waals surface area contributed by atoms with E-state index >= 15 is 0 Å². The molecule has 0 spiro atoms. The number of aryl methyl sites for hydroxylation is 1. The van der Waals surface area contributed by atoms with Gasteiger partial charge >= 0.3 is 5.97 Å². The average Bonchev–Trinajstić information content (AvgIpc) is 3.02. The van der Waals surface area contributed by atoms with E-state index in [9.17, 15) is 4.79 Å². The molecule has 0 saturated heterocycles. The Balaban J connectivity index is 1.94. The van der Waals surface area contributed by atoms with Crippen molar-refractivity contribution in [2.24, 2.45) is 4.99 Å². The van der Waals surface area contributed by atoms with E-state index in [-0.39, 0.29) is 5.70 Å². The van der Waals surface area contributed by atoms with Crippen LogP contribution in [0.4, 0.5) is 0 Å². The highest BCUT2D eigenvalue weighted by atomic mass is 32.1. The van der Waals surface area contributed by atoms with Crippen LogP contribution in [0.3, 0.4) is 0 Å². The molecule has 5 heteroatoms. The molecule has 0 fully saturated rings. The second-order valence-corrected chi connectivity index (χ2v) is 4.71. The Hall–Kier alpha value is -2.14. The van der Waals surface area contributed by atoms with E-state index in [1.54, 1.807) is 12.1 Å². The van der Waals surface area contributed by atoms with Gasteiger partial charge in [0.05, 0.1) is 4.88 Å². The van der Waals surface area contributed by atoms with Gasteiger partial charge in [-0.3, -0.25) is 0 Å². The van der Waals surface area contributed by atoms with E-state index in [0.29, 0.717) is 11.7 Å². The summed E-state index contributed by atoms with van der Waals surface area (Å²) in [5.74, 6) is 1.28. The molecule has 0 aromatic carbocycles. The van der Waals surface area contributed by atoms with E-state index in [1.807, 2.05) is 30.5 Å². The molecule has 0 atom stereocenters. The topological polar surface area (TPSA) is 51.8 Å². The first-order chi connectivity index (χ1) is 8.72. The van der Waals surface area contributed by atoms with Crippen molar-refractivity contribution in [3.63, 3.8) is 0 Å². The van der Waals surface area contributed by atoms with Crippen LogP contribution in [0, 0.1) is 6.92 Å². The molecule has 0 saturated carbocycles. The SMILES string of the molecule is Cc1ccc(/C=C2/N=C(c3cccs3)OC2=O)o1. The van der Waals surface area contributed by atoms with Crippen molar-refractivity contribution < 1.29 is 13.9 Å². The fourth-order valence-electron chi connectivity index (χ4n) is 1.58. The van der Waals surface area contributed by atoms with Gasteiger partial charge < -0.3 is 9.15 Å². The van der Waals surface area contributed by atoms with Crippen molar-refractivity contribution in [2.45, 2.75) is 6.92 Å². The summed E-state index contributed by atoms with van der Waals surface area (Å²) in [5.41, 5.74) is 0.257. The molecular weight excluding hydrogens is 250 g/mol. The Kier molecular flexibility index (Phi) is 2.60. The highest BCUT2D eigenvalue weighted by Gasteiger charge is 2.24. The van der Waals surface area contributed by atoms with E-state index in [1.165, 1.54) is 11.3 Å². The first-order valence-corrected chi connectivity index (χ1v) is 6.23. The second-order valence-electron chi connectivity index (χ2n) is 3.76. The van der Waals surface area contributed by atoms with Crippen LogP contribution in [0.15, 0.2) is 44.8 Å². The molecule has 90 valence electrons. The maximum Gasteiger partial charge on any atom is 0.363 e. The van der Waals surface area contributed by atoms with Gasteiger partial charge in [-0.05, 0) is 30.5 Å². The van der Waals surface area contributed by atoms with E-state index in [4.69, 9.17) is 9.15 Å². The van der Waals surface area contributed by atoms with Gasteiger partial charge in [-0.25, -0.2) is 9.79 Å². The van der Waals surface area contributed by atoms with Crippen molar-refractivity contribution in [3.05, 3.63) is 51.7 Å². The van der Waals surface area contributed by atoms with Crippen LogP contribution in [-0.4, -0.2) is 11.9 Å². The molecule has 0 unspecified atom stereocenters. The fourth-order valence-corrected chi connectivity index (χ4v) is 2.23. The number of carbonyl (C=O) groups is 1. The zero-order valence-electron chi connectivity index (χ0n) is 9.54. The number of hydrogen-bond donors (Lipinski definition) is 0. The summed E-state index contributed by atoms with van der Waals surface area (Å²) in [4.78, 5) is 16.7. The lowest BCUT2D eigenvalue weighted by molar-refractivity contribution is -0.129. The number of ether oxygens (including phenoxy) is 1. The number of nitrogens with zero attached hydrogens (tertiary/aromatic N) is 1. The summed E-state index contributed by atoms with van der Waals surface area (Å²) in [5, 5.41) is 1.91. The van der Waals surface area contributed by atoms with E-state index in [0.717, 1.165) is 10.6 Å². The van der Waals surface area contributed by atoms with Gasteiger partial charge in [-0.2, -0.15) is 0 Å². The zero-order valence-corrected chi connectivity index (χ0v) is 10.4. The van der Waals surface area contributed by atoms with Crippen LogP contribution in [0.1, 0.15) is 16.4 Å². The molecule has 18 heavy (non-hydrogen) atoms. The van der Waals surface area contributed by atoms with Crippen LogP contribution in [0.2, 0.25) is 0 Å². The summed E-state index contributed by atoms with van der Waals surface area (Å²) < 4.78 is 10.5. The molecule has 1 aliphatic rings. The minimum absolute atomic E-state index is 0.257. The average molecular weight is 259 g/mol. The molecule has 0 N–H and O–H groups in total. The lowest BCUT2D eigenvalue weighted by Crippen LogP contribution is -2.03. The Morgan fingerprint density at radius 2 is 2.22 bits per heavy atom. The molecule has 2 aromatic heterocycles. The van der Waals surface area contributed by atoms with Gasteiger partial charge in [0.1, 0.15) is 11.5 Å². The van der Waals surface area contributed by atoms with E-state index in [2.05, 4.69) is 4.99 Å². The number of cyclic esters (lactones) is 1. The van der Waals surface area contributed by atoms with Gasteiger partial charge in [0.25, 0.3) is 0 Å². The maximum absolute atomic E-state index is 11.6. The van der Waals surface area contributed by atoms with Crippen LogP contribution < -0.4 is 0 Å². The summed E-state index contributed by atoms with van der Waals surface area (Å²) in [6.45, 7) is 1.84. The first kappa shape index (κ1) is 11.0. The molecule has 3 rings (SSSR count). The third-order valence-corrected chi connectivity index (χ3v) is 3.25. The molecule has 2 aromatic rings. The van der Waals surface area contributed by atoms with Crippen molar-refractivity contribution in [3.8, 4) is 0 Å². The number of esters is 1. The van der Waals surface area contributed by atoms with Crippen LogP contribution >= 0.6 is 11.3 Å². The quantitative estimate of drug-likeness (QED) is 0.615. The molecule has 1 aliphatic heterocycles. The first-order valence-electron chi connectivity index (χ1n) is 5.35. The Labute approximate surface area is 107 Å². The lowest BCUT2D eigenvalue weighted by atomic mass is 10.3. The van der Waals surface area contributed by atoms with Crippen LogP contribution in [0.5, 0.6) is 0 Å². The normalized spacial score (nSPS) is 17.1. The zero-order chi connectivity index (χ0) is 12.5. The number of carbonyl (C=O) groups excluding carboxylic acids is 1. The highest BCUT2D eigenvalue weighted by molar-refractivity contribution is 7.12. The summed E-state index contributed by atoms with van der Waals surface area (Å²) in [7, 11) is 0. The molecule has 0 radical (unpaired) electrons. The minimum Gasteiger partial charge on any atom is -0.462 e. The maximum atomic E-state index is 11.6. The van der Waals surface area contributed by atoms with Gasteiger partial charge in [0.15, 0.2) is 5.70 Å². The standard InChI is InChI=1S/C13H9NO3S/c1-8-4-5-9(16-8)7-10-13(15)17-12(14-10)11-3-2-6-18-11/h2-7H,1H3/b10-7+. The number of furan rings is 1. The second kappa shape index (κ2) is 4.27. The number of thiophene rings is 1. The number of hydrogen-bond acceptors (Lipinski definition) is 5. The van der Waals surface area contributed by atoms with E-state index < -0.39 is 5.97 Å². The minimum atomic E-state index is -0.451. The fraction of sp³-hybridized carbons (Fsp3) is 0.0769. The lowest BCUT2D eigenvalue weighted by Gasteiger charge is -1.92. The summed E-state index contributed by atoms with van der Waals surface area (Å²) in [6.07, 6.45) is 1.58. The van der Waals surface area contributed by atoms with Gasteiger partial charge in [-0.1, -0.05) is 6.07 Å². The third kappa shape index (κ3) is 2.00. The molecule has 4 nitrogen and oxygen atoms in total. The highest BCUT2D eigenvalue weighted by Crippen LogP contribution is 2.21. The number of aliphatic imine (C=N–C) groups is 1. The van der Waals surface area contributed by atoms with Crippen molar-refractivity contribution in [1.82, 2.24) is 0 Å². The van der Waals surface area contributed by atoms with Gasteiger partial charge in [-0.15, -0.1) is 11.3 Å². The predicted molar refractivity (Wildman–Crippen MR) is 68.4 cm³/mol. The van der Waals surface area contributed by atoms with Crippen molar-refractivity contribution >= 4 is 29.3 Å². The molecule has 0 bridgehead atoms. The van der Waals surface area contributed by atoms with Crippen molar-refractivity contribution in [2.75, 3.05) is 0 Å². The van der Waals surface area contributed by atoms with Gasteiger partial charge in [0.2, 0.25) is 5.90 Å². The predicted octanol–water partition coefficient (Wildman–Crippen LogP) is 2.99. The summed E-state index contributed by atoms with van der Waals surface area (Å²) >= 11 is 1.48. The largest absolute Gasteiger partial charge is 0.462 e. The smallest absolute Gasteiger partial charge is 0.363 e. The Morgan fingerprint density at radius 3 is 2.89 bits per heavy atom. The molecular formula is C13H9NO3S. The molecule has 0 aliphatic carbocycles. The molecule has 0 amide bonds. The van der Waals surface area contributed by atoms with Crippen molar-refractivity contribution in [1.29, 1.82) is 0 Å². The Morgan fingerprint density at radius 1 is 1.33 bits per heavy atom. The number of rotatable bonds is 2. The Bertz CT molecular complexity index is 650. The monoisotopic (exact) mass is 259 g/mol. The van der Waals surface area contributed by atoms with Gasteiger partial charge in [0, 0.05) is 6.08 Å². The third-order valence-electron chi connectivity index (χ3n) is 2.39. The van der Waals surface area contributed by atoms with Crippen LogP contribution in [0.25, 0.3) is 6.08 Å².